The molecule has 0 unspecified atom stereocenters. The van der Waals surface area contributed by atoms with Crippen LogP contribution >= 0.6 is 10.7 Å². The fourth-order valence-corrected chi connectivity index (χ4v) is 2.09. The summed E-state index contributed by atoms with van der Waals surface area (Å²) in [5.74, 6) is -0.0439. The average Bonchev–Trinajstić information content (AvgIpc) is 2.00. The number of nitrogens with zero attached hydrogens (tertiary/aromatic N) is 1. The van der Waals surface area contributed by atoms with Crippen molar-refractivity contribution in [3.63, 3.8) is 0 Å². The fourth-order valence-electron chi connectivity index (χ4n) is 1.46. The summed E-state index contributed by atoms with van der Waals surface area (Å²) in [6.07, 6.45) is 3.83. The van der Waals surface area contributed by atoms with Gasteiger partial charge in [-0.1, -0.05) is 11.6 Å². The summed E-state index contributed by atoms with van der Waals surface area (Å²) in [5, 5.41) is 0. The van der Waals surface area contributed by atoms with Gasteiger partial charge in [-0.05, 0) is 26.4 Å². The van der Waals surface area contributed by atoms with E-state index in [-0.39, 0.29) is 5.75 Å². The molecule has 0 aromatic carbocycles. The summed E-state index contributed by atoms with van der Waals surface area (Å²) >= 11 is 0. The van der Waals surface area contributed by atoms with E-state index >= 15 is 0 Å². The number of hydrogen-bond donors (Lipinski definition) is 0. The van der Waals surface area contributed by atoms with Gasteiger partial charge in [0.2, 0.25) is 9.05 Å². The van der Waals surface area contributed by atoms with E-state index < -0.39 is 9.05 Å². The molecule has 0 aromatic rings. The van der Waals surface area contributed by atoms with Crippen LogP contribution in [-0.2, 0) is 9.05 Å². The van der Waals surface area contributed by atoms with Crippen molar-refractivity contribution in [3.05, 3.63) is 11.6 Å². The highest BCUT2D eigenvalue weighted by atomic mass is 35.7. The summed E-state index contributed by atoms with van der Waals surface area (Å²) in [5.41, 5.74) is 1.18. The standard InChI is InChI=1S/C8H14ClNO2S/c1-10-5-2-3-8(7-10)4-6-13(9,11)12/h4H,2-3,5-7H2,1H3/b8-4+. The molecule has 1 aliphatic rings. The van der Waals surface area contributed by atoms with Crippen molar-refractivity contribution in [2.75, 3.05) is 25.9 Å². The third kappa shape index (κ3) is 4.64. The smallest absolute Gasteiger partial charge is 0.236 e. The minimum absolute atomic E-state index is 0.0439. The molecule has 1 saturated heterocycles. The van der Waals surface area contributed by atoms with Crippen LogP contribution in [0.5, 0.6) is 0 Å². The molecule has 0 N–H and O–H groups in total. The van der Waals surface area contributed by atoms with Crippen molar-refractivity contribution < 1.29 is 8.42 Å². The van der Waals surface area contributed by atoms with Crippen LogP contribution in [0.25, 0.3) is 0 Å². The topological polar surface area (TPSA) is 37.4 Å². The Bertz CT molecular complexity index is 297. The molecule has 13 heavy (non-hydrogen) atoms. The van der Waals surface area contributed by atoms with E-state index in [1.54, 1.807) is 6.08 Å². The molecule has 0 bridgehead atoms. The lowest BCUT2D eigenvalue weighted by atomic mass is 10.1. The van der Waals surface area contributed by atoms with Gasteiger partial charge in [-0.25, -0.2) is 8.42 Å². The van der Waals surface area contributed by atoms with Crippen LogP contribution in [0.15, 0.2) is 11.6 Å². The maximum atomic E-state index is 10.7. The highest BCUT2D eigenvalue weighted by Crippen LogP contribution is 2.14. The molecule has 1 heterocycles. The van der Waals surface area contributed by atoms with Gasteiger partial charge in [-0.15, -0.1) is 0 Å². The molecule has 3 nitrogen and oxygen atoms in total. The molecule has 0 amide bonds. The van der Waals surface area contributed by atoms with E-state index in [1.807, 2.05) is 7.05 Å². The van der Waals surface area contributed by atoms with Gasteiger partial charge >= 0.3 is 0 Å². The molecule has 76 valence electrons. The minimum Gasteiger partial charge on any atom is -0.302 e. The first-order valence-corrected chi connectivity index (χ1v) is 6.74. The van der Waals surface area contributed by atoms with Gasteiger partial charge in [0.05, 0.1) is 5.75 Å². The van der Waals surface area contributed by atoms with E-state index in [4.69, 9.17) is 10.7 Å². The predicted molar refractivity (Wildman–Crippen MR) is 54.5 cm³/mol. The molecule has 0 saturated carbocycles. The van der Waals surface area contributed by atoms with Crippen molar-refractivity contribution in [2.45, 2.75) is 12.8 Å². The highest BCUT2D eigenvalue weighted by molar-refractivity contribution is 8.13. The van der Waals surface area contributed by atoms with Gasteiger partial charge in [0.1, 0.15) is 0 Å². The molecule has 5 heteroatoms. The van der Waals surface area contributed by atoms with Crippen LogP contribution in [0.4, 0.5) is 0 Å². The Kier molecular flexibility index (Phi) is 3.76. The number of piperidine rings is 1. The molecule has 0 spiro atoms. The van der Waals surface area contributed by atoms with Gasteiger partial charge in [-0.2, -0.15) is 0 Å². The van der Waals surface area contributed by atoms with Crippen LogP contribution in [0.1, 0.15) is 12.8 Å². The van der Waals surface area contributed by atoms with Gasteiger partial charge in [0.15, 0.2) is 0 Å². The Hall–Kier alpha value is -0.0600. The molecule has 1 rings (SSSR count). The first-order chi connectivity index (χ1) is 5.97. The molecule has 0 atom stereocenters. The quantitative estimate of drug-likeness (QED) is 0.522. The molecule has 1 fully saturated rings. The van der Waals surface area contributed by atoms with Crippen molar-refractivity contribution in [1.82, 2.24) is 4.90 Å². The zero-order valence-corrected chi connectivity index (χ0v) is 9.24. The summed E-state index contributed by atoms with van der Waals surface area (Å²) in [7, 11) is 3.77. The van der Waals surface area contributed by atoms with Crippen LogP contribution < -0.4 is 0 Å². The van der Waals surface area contributed by atoms with Gasteiger partial charge in [-0.3, -0.25) is 0 Å². The Balaban J connectivity index is 2.51. The van der Waals surface area contributed by atoms with E-state index in [9.17, 15) is 8.42 Å². The van der Waals surface area contributed by atoms with Crippen LogP contribution in [0, 0.1) is 0 Å². The second-order valence-corrected chi connectivity index (χ2v) is 6.23. The number of likely N-dealkylation sites (N-methyl/N-ethyl adjacent to an activating group) is 1. The van der Waals surface area contributed by atoms with Crippen LogP contribution in [0.2, 0.25) is 0 Å². The predicted octanol–water partition coefficient (Wildman–Crippen LogP) is 1.21. The van der Waals surface area contributed by atoms with Gasteiger partial charge in [0, 0.05) is 17.2 Å². The van der Waals surface area contributed by atoms with Gasteiger partial charge in [0.25, 0.3) is 0 Å². The average molecular weight is 224 g/mol. The molecule has 0 aliphatic carbocycles. The van der Waals surface area contributed by atoms with Crippen molar-refractivity contribution >= 4 is 19.7 Å². The summed E-state index contributed by atoms with van der Waals surface area (Å²) < 4.78 is 21.3. The van der Waals surface area contributed by atoms with E-state index in [0.29, 0.717) is 0 Å². The van der Waals surface area contributed by atoms with Gasteiger partial charge < -0.3 is 4.90 Å². The van der Waals surface area contributed by atoms with E-state index in [2.05, 4.69) is 4.90 Å². The Morgan fingerprint density at radius 1 is 1.62 bits per heavy atom. The fraction of sp³-hybridized carbons (Fsp3) is 0.750. The van der Waals surface area contributed by atoms with Crippen molar-refractivity contribution in [2.24, 2.45) is 0 Å². The summed E-state index contributed by atoms with van der Waals surface area (Å²) in [4.78, 5) is 2.18. The first-order valence-electron chi connectivity index (χ1n) is 4.26. The first kappa shape index (κ1) is 11.0. The molecule has 0 aromatic heterocycles. The number of halogens is 1. The Labute approximate surface area is 83.8 Å². The monoisotopic (exact) mass is 223 g/mol. The summed E-state index contributed by atoms with van der Waals surface area (Å²) in [6, 6.07) is 0. The molecular formula is C8H14ClNO2S. The SMILES string of the molecule is CN1CCC/C(=C\CS(=O)(=O)Cl)C1. The zero-order valence-electron chi connectivity index (χ0n) is 7.66. The highest BCUT2D eigenvalue weighted by Gasteiger charge is 2.11. The largest absolute Gasteiger partial charge is 0.302 e. The third-order valence-electron chi connectivity index (χ3n) is 2.08. The normalized spacial score (nSPS) is 23.7. The summed E-state index contributed by atoms with van der Waals surface area (Å²) in [6.45, 7) is 1.96. The van der Waals surface area contributed by atoms with E-state index in [0.717, 1.165) is 25.9 Å². The number of hydrogen-bond acceptors (Lipinski definition) is 3. The Morgan fingerprint density at radius 2 is 2.31 bits per heavy atom. The maximum Gasteiger partial charge on any atom is 0.236 e. The Morgan fingerprint density at radius 3 is 2.85 bits per heavy atom. The lowest BCUT2D eigenvalue weighted by molar-refractivity contribution is 0.322. The van der Waals surface area contributed by atoms with E-state index in [1.165, 1.54) is 5.57 Å². The second-order valence-electron chi connectivity index (χ2n) is 3.41. The third-order valence-corrected chi connectivity index (χ3v) is 3.02. The van der Waals surface area contributed by atoms with Crippen molar-refractivity contribution in [1.29, 1.82) is 0 Å². The molecule has 1 aliphatic heterocycles. The van der Waals surface area contributed by atoms with Crippen LogP contribution in [0.3, 0.4) is 0 Å². The van der Waals surface area contributed by atoms with Crippen LogP contribution in [-0.4, -0.2) is 39.2 Å². The second kappa shape index (κ2) is 4.44. The number of likely N-dealkylation sites (tertiary alicyclic amines) is 1. The number of rotatable bonds is 2. The molecular weight excluding hydrogens is 210 g/mol. The lowest BCUT2D eigenvalue weighted by Crippen LogP contribution is -2.27. The maximum absolute atomic E-state index is 10.7. The molecule has 0 radical (unpaired) electrons. The minimum atomic E-state index is -3.36. The zero-order chi connectivity index (χ0) is 9.90. The lowest BCUT2D eigenvalue weighted by Gasteiger charge is -2.24. The van der Waals surface area contributed by atoms with Crippen molar-refractivity contribution in [3.8, 4) is 0 Å².